The number of rotatable bonds is 2. The van der Waals surface area contributed by atoms with Crippen LogP contribution in [-0.2, 0) is 13.1 Å². The molecule has 0 saturated carbocycles. The summed E-state index contributed by atoms with van der Waals surface area (Å²) in [5.74, 6) is 0.0447. The SMILES string of the molecule is O=C1c2cnc(Br)n2CCN1Cc1ccccc1. The molecular weight excluding hydrogens is 294 g/mol. The van der Waals surface area contributed by atoms with Crippen molar-refractivity contribution >= 4 is 21.8 Å². The van der Waals surface area contributed by atoms with Crippen molar-refractivity contribution < 1.29 is 4.79 Å². The second-order valence-electron chi connectivity index (χ2n) is 4.28. The van der Waals surface area contributed by atoms with Gasteiger partial charge < -0.3 is 9.47 Å². The van der Waals surface area contributed by atoms with Crippen LogP contribution in [0.3, 0.4) is 0 Å². The molecule has 2 aromatic rings. The van der Waals surface area contributed by atoms with Crippen LogP contribution in [0.1, 0.15) is 16.1 Å². The molecule has 92 valence electrons. The van der Waals surface area contributed by atoms with Crippen LogP contribution in [0.15, 0.2) is 41.3 Å². The van der Waals surface area contributed by atoms with Crippen LogP contribution in [0.5, 0.6) is 0 Å². The van der Waals surface area contributed by atoms with Gasteiger partial charge in [-0.25, -0.2) is 4.98 Å². The number of amides is 1. The number of halogens is 1. The van der Waals surface area contributed by atoms with Crippen LogP contribution < -0.4 is 0 Å². The fourth-order valence-corrected chi connectivity index (χ4v) is 2.65. The van der Waals surface area contributed by atoms with Crippen LogP contribution in [0, 0.1) is 0 Å². The van der Waals surface area contributed by atoms with E-state index in [0.717, 1.165) is 23.4 Å². The van der Waals surface area contributed by atoms with Gasteiger partial charge in [0.05, 0.1) is 6.20 Å². The van der Waals surface area contributed by atoms with Gasteiger partial charge in [0.1, 0.15) is 5.69 Å². The van der Waals surface area contributed by atoms with Gasteiger partial charge in [0.15, 0.2) is 4.73 Å². The normalized spacial score (nSPS) is 14.7. The van der Waals surface area contributed by atoms with Gasteiger partial charge in [-0.2, -0.15) is 0 Å². The number of imidazole rings is 1. The summed E-state index contributed by atoms with van der Waals surface area (Å²) in [7, 11) is 0. The number of benzene rings is 1. The van der Waals surface area contributed by atoms with Crippen LogP contribution >= 0.6 is 15.9 Å². The van der Waals surface area contributed by atoms with E-state index in [1.54, 1.807) is 6.20 Å². The highest BCUT2D eigenvalue weighted by Crippen LogP contribution is 2.19. The molecule has 18 heavy (non-hydrogen) atoms. The van der Waals surface area contributed by atoms with E-state index in [1.807, 2.05) is 39.8 Å². The summed E-state index contributed by atoms with van der Waals surface area (Å²) in [5, 5.41) is 0. The molecule has 4 nitrogen and oxygen atoms in total. The highest BCUT2D eigenvalue weighted by Gasteiger charge is 2.26. The molecule has 1 aliphatic heterocycles. The average Bonchev–Trinajstić information content (AvgIpc) is 2.77. The van der Waals surface area contributed by atoms with Crippen molar-refractivity contribution in [3.63, 3.8) is 0 Å². The third kappa shape index (κ3) is 1.95. The molecule has 1 aliphatic rings. The number of carbonyl (C=O) groups is 1. The monoisotopic (exact) mass is 305 g/mol. The lowest BCUT2D eigenvalue weighted by molar-refractivity contribution is 0.0690. The highest BCUT2D eigenvalue weighted by atomic mass is 79.9. The Labute approximate surface area is 113 Å². The van der Waals surface area contributed by atoms with Crippen molar-refractivity contribution in [2.75, 3.05) is 6.54 Å². The molecule has 3 rings (SSSR count). The van der Waals surface area contributed by atoms with Crippen molar-refractivity contribution in [3.05, 3.63) is 52.5 Å². The van der Waals surface area contributed by atoms with Crippen LogP contribution in [0.4, 0.5) is 0 Å². The zero-order valence-corrected chi connectivity index (χ0v) is 11.3. The molecule has 2 heterocycles. The summed E-state index contributed by atoms with van der Waals surface area (Å²) in [6, 6.07) is 10.0. The van der Waals surface area contributed by atoms with Crippen LogP contribution in [0.25, 0.3) is 0 Å². The third-order valence-electron chi connectivity index (χ3n) is 3.12. The molecule has 0 saturated heterocycles. The highest BCUT2D eigenvalue weighted by molar-refractivity contribution is 9.10. The van der Waals surface area contributed by atoms with E-state index in [4.69, 9.17) is 0 Å². The topological polar surface area (TPSA) is 38.1 Å². The van der Waals surface area contributed by atoms with Crippen molar-refractivity contribution in [3.8, 4) is 0 Å². The molecule has 1 aromatic carbocycles. The number of nitrogens with zero attached hydrogens (tertiary/aromatic N) is 3. The second kappa shape index (κ2) is 4.57. The molecule has 0 radical (unpaired) electrons. The average molecular weight is 306 g/mol. The number of hydrogen-bond donors (Lipinski definition) is 0. The van der Waals surface area contributed by atoms with Crippen molar-refractivity contribution in [2.24, 2.45) is 0 Å². The van der Waals surface area contributed by atoms with Crippen molar-refractivity contribution in [1.82, 2.24) is 14.5 Å². The van der Waals surface area contributed by atoms with Gasteiger partial charge in [-0.1, -0.05) is 30.3 Å². The molecule has 0 aliphatic carbocycles. The summed E-state index contributed by atoms with van der Waals surface area (Å²) < 4.78 is 2.63. The predicted molar refractivity (Wildman–Crippen MR) is 71.1 cm³/mol. The Morgan fingerprint density at radius 1 is 1.22 bits per heavy atom. The molecule has 0 bridgehead atoms. The molecule has 0 unspecified atom stereocenters. The fourth-order valence-electron chi connectivity index (χ4n) is 2.18. The summed E-state index contributed by atoms with van der Waals surface area (Å²) >= 11 is 3.35. The van der Waals surface area contributed by atoms with Gasteiger partial charge in [0.25, 0.3) is 5.91 Å². The van der Waals surface area contributed by atoms with Gasteiger partial charge in [-0.3, -0.25) is 4.79 Å². The van der Waals surface area contributed by atoms with E-state index in [1.165, 1.54) is 0 Å². The number of hydrogen-bond acceptors (Lipinski definition) is 2. The maximum absolute atomic E-state index is 12.3. The standard InChI is InChI=1S/C13H12BrN3O/c14-13-15-8-11-12(18)16(6-7-17(11)13)9-10-4-2-1-3-5-10/h1-5,8H,6-7,9H2. The van der Waals surface area contributed by atoms with Crippen LogP contribution in [-0.4, -0.2) is 26.9 Å². The van der Waals surface area contributed by atoms with E-state index in [-0.39, 0.29) is 5.91 Å². The van der Waals surface area contributed by atoms with E-state index < -0.39 is 0 Å². The minimum Gasteiger partial charge on any atom is -0.331 e. The summed E-state index contributed by atoms with van der Waals surface area (Å²) in [6.45, 7) is 2.16. The number of aromatic nitrogens is 2. The molecule has 5 heteroatoms. The first kappa shape index (κ1) is 11.5. The first-order chi connectivity index (χ1) is 8.75. The molecule has 0 N–H and O–H groups in total. The maximum atomic E-state index is 12.3. The minimum absolute atomic E-state index is 0.0447. The lowest BCUT2D eigenvalue weighted by atomic mass is 10.2. The zero-order chi connectivity index (χ0) is 12.5. The Morgan fingerprint density at radius 3 is 2.78 bits per heavy atom. The van der Waals surface area contributed by atoms with Crippen LogP contribution in [0.2, 0.25) is 0 Å². The van der Waals surface area contributed by atoms with Gasteiger partial charge in [0.2, 0.25) is 0 Å². The summed E-state index contributed by atoms with van der Waals surface area (Å²) in [4.78, 5) is 18.3. The smallest absolute Gasteiger partial charge is 0.272 e. The first-order valence-electron chi connectivity index (χ1n) is 5.80. The van der Waals surface area contributed by atoms with Crippen molar-refractivity contribution in [1.29, 1.82) is 0 Å². The Kier molecular flexibility index (Phi) is 2.91. The van der Waals surface area contributed by atoms with Crippen molar-refractivity contribution in [2.45, 2.75) is 13.1 Å². The predicted octanol–water partition coefficient (Wildman–Crippen LogP) is 2.30. The second-order valence-corrected chi connectivity index (χ2v) is 4.99. The maximum Gasteiger partial charge on any atom is 0.272 e. The molecule has 0 spiro atoms. The number of carbonyl (C=O) groups excluding carboxylic acids is 1. The molecule has 0 fully saturated rings. The van der Waals surface area contributed by atoms with E-state index >= 15 is 0 Å². The lowest BCUT2D eigenvalue weighted by Crippen LogP contribution is -2.39. The largest absolute Gasteiger partial charge is 0.331 e. The first-order valence-corrected chi connectivity index (χ1v) is 6.59. The Balaban J connectivity index is 1.83. The summed E-state index contributed by atoms with van der Waals surface area (Å²) in [5.41, 5.74) is 1.81. The fraction of sp³-hybridized carbons (Fsp3) is 0.231. The van der Waals surface area contributed by atoms with E-state index in [0.29, 0.717) is 12.2 Å². The lowest BCUT2D eigenvalue weighted by Gasteiger charge is -2.28. The van der Waals surface area contributed by atoms with Gasteiger partial charge >= 0.3 is 0 Å². The van der Waals surface area contributed by atoms with E-state index in [9.17, 15) is 4.79 Å². The van der Waals surface area contributed by atoms with E-state index in [2.05, 4.69) is 20.9 Å². The van der Waals surface area contributed by atoms with Gasteiger partial charge in [-0.05, 0) is 21.5 Å². The van der Waals surface area contributed by atoms with Gasteiger partial charge in [0, 0.05) is 19.6 Å². The molecule has 0 atom stereocenters. The third-order valence-corrected chi connectivity index (χ3v) is 3.76. The molecular formula is C13H12BrN3O. The molecule has 1 aromatic heterocycles. The minimum atomic E-state index is 0.0447. The Hall–Kier alpha value is -1.62. The summed E-state index contributed by atoms with van der Waals surface area (Å²) in [6.07, 6.45) is 1.63. The zero-order valence-electron chi connectivity index (χ0n) is 9.71. The quantitative estimate of drug-likeness (QED) is 0.854. The number of fused-ring (bicyclic) bond motifs is 1. The van der Waals surface area contributed by atoms with Gasteiger partial charge in [-0.15, -0.1) is 0 Å². The Morgan fingerprint density at radius 2 is 2.00 bits per heavy atom. The molecule has 1 amide bonds. The Bertz CT molecular complexity index is 579.